The number of amides is 5. The number of nitrogens with one attached hydrogen (secondary N) is 3. The first kappa shape index (κ1) is 40.6. The van der Waals surface area contributed by atoms with Crippen molar-refractivity contribution in [3.05, 3.63) is 120 Å². The van der Waals surface area contributed by atoms with E-state index in [9.17, 15) is 24.0 Å². The van der Waals surface area contributed by atoms with Crippen LogP contribution < -0.4 is 20.7 Å². The lowest BCUT2D eigenvalue weighted by Gasteiger charge is -2.29. The molecule has 57 heavy (non-hydrogen) atoms. The molecule has 300 valence electrons. The highest BCUT2D eigenvalue weighted by Gasteiger charge is 2.39. The van der Waals surface area contributed by atoms with E-state index in [1.165, 1.54) is 12.0 Å². The summed E-state index contributed by atoms with van der Waals surface area (Å²) in [5.74, 6) is -1.97. The van der Waals surface area contributed by atoms with Gasteiger partial charge in [0.1, 0.15) is 17.8 Å². The second kappa shape index (κ2) is 19.2. The predicted octanol–water partition coefficient (Wildman–Crippen LogP) is 2.78. The molecule has 14 heteroatoms. The van der Waals surface area contributed by atoms with Crippen molar-refractivity contribution >= 4 is 29.5 Å². The second-order valence-corrected chi connectivity index (χ2v) is 15.0. The first-order chi connectivity index (χ1) is 27.6. The maximum Gasteiger partial charge on any atom is 0.258 e. The summed E-state index contributed by atoms with van der Waals surface area (Å²) in [7, 11) is 1.50. The Kier molecular flexibility index (Phi) is 13.7. The average Bonchev–Trinajstić information content (AvgIpc) is 3.88. The number of rotatable bonds is 10. The lowest BCUT2D eigenvalue weighted by Crippen LogP contribution is -2.56. The fourth-order valence-corrected chi connectivity index (χ4v) is 7.38. The molecular weight excluding hydrogens is 727 g/mol. The number of methoxy groups -OCH3 is 1. The molecule has 0 aliphatic carbocycles. The maximum atomic E-state index is 14.4. The van der Waals surface area contributed by atoms with E-state index in [1.54, 1.807) is 34.0 Å². The molecule has 0 spiro atoms. The van der Waals surface area contributed by atoms with Crippen molar-refractivity contribution in [3.63, 3.8) is 0 Å². The summed E-state index contributed by atoms with van der Waals surface area (Å²) in [6.45, 7) is 4.41. The van der Waals surface area contributed by atoms with E-state index < -0.39 is 41.8 Å². The number of benzene rings is 3. The number of carbonyl (C=O) groups is 5. The molecule has 14 nitrogen and oxygen atoms in total. The van der Waals surface area contributed by atoms with Gasteiger partial charge in [-0.2, -0.15) is 5.10 Å². The fraction of sp³-hybridized carbons (Fsp3) is 0.395. The summed E-state index contributed by atoms with van der Waals surface area (Å²) >= 11 is 0. The zero-order valence-corrected chi connectivity index (χ0v) is 32.6. The van der Waals surface area contributed by atoms with Crippen LogP contribution in [0, 0.1) is 5.92 Å². The highest BCUT2D eigenvalue weighted by Crippen LogP contribution is 2.31. The summed E-state index contributed by atoms with van der Waals surface area (Å²) in [6, 6.07) is 23.4. The Bertz CT molecular complexity index is 2010. The third kappa shape index (κ3) is 11.1. The third-order valence-electron chi connectivity index (χ3n) is 10.2. The molecule has 2 aliphatic rings. The first-order valence-electron chi connectivity index (χ1n) is 19.4. The minimum atomic E-state index is -1.01. The largest absolute Gasteiger partial charge is 0.484 e. The highest BCUT2D eigenvalue weighted by atomic mass is 16.5. The van der Waals surface area contributed by atoms with E-state index in [-0.39, 0.29) is 57.0 Å². The molecule has 1 saturated heterocycles. The normalized spacial score (nSPS) is 20.8. The van der Waals surface area contributed by atoms with Crippen LogP contribution >= 0.6 is 0 Å². The van der Waals surface area contributed by atoms with Crippen molar-refractivity contribution in [3.8, 4) is 5.75 Å². The molecule has 6 rings (SSSR count). The quantitative estimate of drug-likeness (QED) is 0.222. The summed E-state index contributed by atoms with van der Waals surface area (Å²) < 4.78 is 13.0. The maximum absolute atomic E-state index is 14.4. The second-order valence-electron chi connectivity index (χ2n) is 15.0. The van der Waals surface area contributed by atoms with E-state index in [1.807, 2.05) is 86.8 Å². The number of aromatic nitrogens is 2. The Morgan fingerprint density at radius 2 is 1.65 bits per heavy atom. The van der Waals surface area contributed by atoms with Crippen molar-refractivity contribution in [2.75, 3.05) is 46.5 Å². The van der Waals surface area contributed by atoms with Crippen LogP contribution in [-0.4, -0.2) is 114 Å². The highest BCUT2D eigenvalue weighted by molar-refractivity contribution is 5.95. The van der Waals surface area contributed by atoms with E-state index >= 15 is 0 Å². The van der Waals surface area contributed by atoms with Crippen molar-refractivity contribution < 1.29 is 33.4 Å². The number of fused-ring (bicyclic) bond motifs is 4. The molecule has 3 aromatic carbocycles. The zero-order valence-electron chi connectivity index (χ0n) is 32.6. The molecule has 5 amide bonds. The molecule has 0 saturated carbocycles. The molecule has 2 bridgehead atoms. The SMILES string of the molecule is COCCN1CC(=O)N[C@@H](Cc2ccccc2)C(=O)N[C@@H]2CN(C(=O)c3cccc(Cn4cccn4)c3)C[C@H]2c2cccc(c2)OCC(=O)N[C@H](CC(C)C)C1=O. The summed E-state index contributed by atoms with van der Waals surface area (Å²) in [5, 5.41) is 13.2. The number of nitrogens with zero attached hydrogens (tertiary/aromatic N) is 4. The van der Waals surface area contributed by atoms with Gasteiger partial charge in [0.05, 0.1) is 25.7 Å². The Morgan fingerprint density at radius 3 is 2.40 bits per heavy atom. The monoisotopic (exact) mass is 777 g/mol. The predicted molar refractivity (Wildman–Crippen MR) is 212 cm³/mol. The third-order valence-corrected chi connectivity index (χ3v) is 10.2. The molecular formula is C43H51N7O7. The molecule has 1 aromatic heterocycles. The van der Waals surface area contributed by atoms with Crippen molar-refractivity contribution in [1.82, 2.24) is 35.5 Å². The molecule has 0 radical (unpaired) electrons. The first-order valence-corrected chi connectivity index (χ1v) is 19.4. The van der Waals surface area contributed by atoms with Gasteiger partial charge in [0.25, 0.3) is 11.8 Å². The molecule has 1 fully saturated rings. The Labute approximate surface area is 332 Å². The van der Waals surface area contributed by atoms with Gasteiger partial charge in [0.15, 0.2) is 6.61 Å². The Morgan fingerprint density at radius 1 is 0.877 bits per heavy atom. The van der Waals surface area contributed by atoms with Crippen LogP contribution in [-0.2, 0) is 36.9 Å². The van der Waals surface area contributed by atoms with Gasteiger partial charge in [0.2, 0.25) is 17.7 Å². The molecule has 4 aromatic rings. The van der Waals surface area contributed by atoms with Crippen LogP contribution in [0.25, 0.3) is 0 Å². The van der Waals surface area contributed by atoms with E-state index in [4.69, 9.17) is 9.47 Å². The van der Waals surface area contributed by atoms with Crippen LogP contribution in [0.15, 0.2) is 97.3 Å². The van der Waals surface area contributed by atoms with Crippen LogP contribution in [0.3, 0.4) is 0 Å². The summed E-state index contributed by atoms with van der Waals surface area (Å²) in [5.41, 5.74) is 3.05. The molecule has 4 atom stereocenters. The molecule has 3 heterocycles. The van der Waals surface area contributed by atoms with Crippen molar-refractivity contribution in [1.29, 1.82) is 0 Å². The van der Waals surface area contributed by atoms with E-state index in [2.05, 4.69) is 21.0 Å². The average molecular weight is 778 g/mol. The van der Waals surface area contributed by atoms with Gasteiger partial charge in [-0.3, -0.25) is 28.7 Å². The van der Waals surface area contributed by atoms with Gasteiger partial charge in [-0.1, -0.05) is 68.4 Å². The number of hydrogen-bond acceptors (Lipinski definition) is 8. The Balaban J connectivity index is 1.32. The minimum Gasteiger partial charge on any atom is -0.484 e. The fourth-order valence-electron chi connectivity index (χ4n) is 7.38. The number of likely N-dealkylation sites (tertiary alicyclic amines) is 1. The molecule has 0 unspecified atom stereocenters. The molecule has 2 aliphatic heterocycles. The van der Waals surface area contributed by atoms with Crippen LogP contribution in [0.2, 0.25) is 0 Å². The van der Waals surface area contributed by atoms with Gasteiger partial charge in [0, 0.05) is 57.0 Å². The topological polar surface area (TPSA) is 164 Å². The smallest absolute Gasteiger partial charge is 0.258 e. The number of ether oxygens (including phenoxy) is 2. The van der Waals surface area contributed by atoms with Gasteiger partial charge in [-0.05, 0) is 59.4 Å². The Hall–Kier alpha value is -6.02. The van der Waals surface area contributed by atoms with Gasteiger partial charge < -0.3 is 35.2 Å². The van der Waals surface area contributed by atoms with E-state index in [0.29, 0.717) is 30.8 Å². The van der Waals surface area contributed by atoms with Crippen LogP contribution in [0.5, 0.6) is 5.75 Å². The zero-order chi connectivity index (χ0) is 40.3. The van der Waals surface area contributed by atoms with Gasteiger partial charge in [-0.25, -0.2) is 0 Å². The van der Waals surface area contributed by atoms with E-state index in [0.717, 1.165) is 16.7 Å². The summed E-state index contributed by atoms with van der Waals surface area (Å²) in [6.07, 6.45) is 4.08. The standard InChI is InChI=1S/C43H51N7O7/c1-29(2)20-37-43(55)48(18-19-56-3)27-39(51)45-36(22-30-10-5-4-6-11-30)41(53)47-38-26-49(25-35(38)32-13-8-15-34(23-32)57-28-40(52)46-37)42(54)33-14-7-12-31(21-33)24-50-17-9-16-44-50/h4-17,21,23,29,35-38H,18-20,22,24-28H2,1-3H3,(H,45,51)(H,46,52)(H,47,53)/t35-,36-,37+,38+/m0/s1. The summed E-state index contributed by atoms with van der Waals surface area (Å²) in [4.78, 5) is 72.7. The van der Waals surface area contributed by atoms with Crippen LogP contribution in [0.1, 0.15) is 53.2 Å². The molecule has 3 N–H and O–H groups in total. The number of hydrogen-bond donors (Lipinski definition) is 3. The van der Waals surface area contributed by atoms with Crippen molar-refractivity contribution in [2.45, 2.75) is 57.3 Å². The lowest BCUT2D eigenvalue weighted by molar-refractivity contribution is -0.141. The van der Waals surface area contributed by atoms with Crippen molar-refractivity contribution in [2.24, 2.45) is 5.92 Å². The van der Waals surface area contributed by atoms with Crippen LogP contribution in [0.4, 0.5) is 0 Å². The minimum absolute atomic E-state index is 0.0450. The van der Waals surface area contributed by atoms with Gasteiger partial charge in [-0.15, -0.1) is 0 Å². The lowest BCUT2D eigenvalue weighted by atomic mass is 9.93. The number of carbonyl (C=O) groups excluding carboxylic acids is 5. The van der Waals surface area contributed by atoms with Gasteiger partial charge >= 0.3 is 0 Å².